The van der Waals surface area contributed by atoms with E-state index in [1.165, 1.54) is 0 Å². The van der Waals surface area contributed by atoms with Gasteiger partial charge in [-0.25, -0.2) is 0 Å². The maximum atomic E-state index is 10.2. The van der Waals surface area contributed by atoms with Crippen molar-refractivity contribution in [2.75, 3.05) is 44.4 Å². The SMILES string of the molecule is O=C(O)CCSCCN1CCOCC1. The van der Waals surface area contributed by atoms with Crippen LogP contribution >= 0.6 is 11.8 Å². The topological polar surface area (TPSA) is 49.8 Å². The van der Waals surface area contributed by atoms with Gasteiger partial charge in [0.2, 0.25) is 0 Å². The van der Waals surface area contributed by atoms with Gasteiger partial charge in [-0.3, -0.25) is 9.69 Å². The summed E-state index contributed by atoms with van der Waals surface area (Å²) in [6.45, 7) is 4.74. The second kappa shape index (κ2) is 7.09. The number of ether oxygens (including phenoxy) is 1. The molecule has 0 radical (unpaired) electrons. The van der Waals surface area contributed by atoms with Crippen molar-refractivity contribution in [3.05, 3.63) is 0 Å². The second-order valence-corrected chi connectivity index (χ2v) is 4.43. The summed E-state index contributed by atoms with van der Waals surface area (Å²) in [6.07, 6.45) is 0.272. The molecule has 5 heteroatoms. The van der Waals surface area contributed by atoms with Crippen LogP contribution in [0.1, 0.15) is 6.42 Å². The minimum absolute atomic E-state index is 0.272. The zero-order chi connectivity index (χ0) is 10.2. The van der Waals surface area contributed by atoms with Crippen LogP contribution in [0.2, 0.25) is 0 Å². The van der Waals surface area contributed by atoms with Crippen molar-refractivity contribution in [3.8, 4) is 0 Å². The monoisotopic (exact) mass is 219 g/mol. The van der Waals surface area contributed by atoms with Gasteiger partial charge in [0.15, 0.2) is 0 Å². The van der Waals surface area contributed by atoms with Crippen molar-refractivity contribution >= 4 is 17.7 Å². The van der Waals surface area contributed by atoms with E-state index in [0.29, 0.717) is 0 Å². The molecule has 0 aliphatic carbocycles. The first-order valence-electron chi connectivity index (χ1n) is 4.88. The molecule has 82 valence electrons. The fourth-order valence-electron chi connectivity index (χ4n) is 1.28. The lowest BCUT2D eigenvalue weighted by atomic mass is 10.4. The first-order valence-corrected chi connectivity index (χ1v) is 6.04. The molecule has 1 fully saturated rings. The lowest BCUT2D eigenvalue weighted by Crippen LogP contribution is -2.37. The number of carbonyl (C=O) groups is 1. The first kappa shape index (κ1) is 11.8. The summed E-state index contributed by atoms with van der Waals surface area (Å²) in [4.78, 5) is 12.6. The molecule has 1 aliphatic rings. The molecule has 1 rings (SSSR count). The molecule has 0 saturated carbocycles. The summed E-state index contributed by atoms with van der Waals surface area (Å²) in [6, 6.07) is 0. The van der Waals surface area contributed by atoms with Gasteiger partial charge in [0.1, 0.15) is 0 Å². The fraction of sp³-hybridized carbons (Fsp3) is 0.889. The fourth-order valence-corrected chi connectivity index (χ4v) is 2.19. The zero-order valence-corrected chi connectivity index (χ0v) is 9.09. The van der Waals surface area contributed by atoms with Crippen LogP contribution in [0, 0.1) is 0 Å². The summed E-state index contributed by atoms with van der Waals surface area (Å²) in [5.74, 6) is 1.04. The number of carboxylic acids is 1. The van der Waals surface area contributed by atoms with Crippen LogP contribution in [0.4, 0.5) is 0 Å². The predicted molar refractivity (Wildman–Crippen MR) is 56.8 cm³/mol. The van der Waals surface area contributed by atoms with Crippen LogP contribution in [-0.4, -0.2) is 60.3 Å². The van der Waals surface area contributed by atoms with Gasteiger partial charge in [0.25, 0.3) is 0 Å². The molecule has 0 bridgehead atoms. The molecule has 1 aliphatic heterocycles. The molecular formula is C9H17NO3S. The molecule has 0 aromatic carbocycles. The third-order valence-corrected chi connectivity index (χ3v) is 3.08. The van der Waals surface area contributed by atoms with Gasteiger partial charge in [-0.2, -0.15) is 11.8 Å². The number of aliphatic carboxylic acids is 1. The third kappa shape index (κ3) is 5.47. The van der Waals surface area contributed by atoms with Gasteiger partial charge in [0, 0.05) is 31.1 Å². The molecule has 0 aromatic rings. The van der Waals surface area contributed by atoms with Crippen molar-refractivity contribution < 1.29 is 14.6 Å². The van der Waals surface area contributed by atoms with E-state index >= 15 is 0 Å². The predicted octanol–water partition coefficient (Wildman–Crippen LogP) is 0.526. The summed E-state index contributed by atoms with van der Waals surface area (Å²) >= 11 is 1.71. The molecule has 0 unspecified atom stereocenters. The number of thioether (sulfide) groups is 1. The Balaban J connectivity index is 1.90. The van der Waals surface area contributed by atoms with Crippen molar-refractivity contribution in [1.82, 2.24) is 4.90 Å². The Bertz CT molecular complexity index is 171. The average molecular weight is 219 g/mol. The Kier molecular flexibility index (Phi) is 5.98. The van der Waals surface area contributed by atoms with E-state index in [-0.39, 0.29) is 6.42 Å². The largest absolute Gasteiger partial charge is 0.481 e. The lowest BCUT2D eigenvalue weighted by molar-refractivity contribution is -0.136. The maximum Gasteiger partial charge on any atom is 0.304 e. The van der Waals surface area contributed by atoms with Crippen molar-refractivity contribution in [2.45, 2.75) is 6.42 Å². The van der Waals surface area contributed by atoms with Gasteiger partial charge < -0.3 is 9.84 Å². The van der Waals surface area contributed by atoms with Crippen molar-refractivity contribution in [2.24, 2.45) is 0 Å². The van der Waals surface area contributed by atoms with E-state index in [0.717, 1.165) is 44.4 Å². The number of hydrogen-bond donors (Lipinski definition) is 1. The van der Waals surface area contributed by atoms with E-state index < -0.39 is 5.97 Å². The highest BCUT2D eigenvalue weighted by Crippen LogP contribution is 2.04. The number of morpholine rings is 1. The summed E-state index contributed by atoms with van der Waals surface area (Å²) in [7, 11) is 0. The van der Waals surface area contributed by atoms with Crippen LogP contribution in [0.15, 0.2) is 0 Å². The molecule has 1 saturated heterocycles. The second-order valence-electron chi connectivity index (χ2n) is 3.21. The first-order chi connectivity index (χ1) is 6.79. The van der Waals surface area contributed by atoms with Crippen LogP contribution in [0.5, 0.6) is 0 Å². The minimum atomic E-state index is -0.705. The highest BCUT2D eigenvalue weighted by Gasteiger charge is 2.09. The van der Waals surface area contributed by atoms with Crippen LogP contribution in [0.25, 0.3) is 0 Å². The molecule has 0 aromatic heterocycles. The van der Waals surface area contributed by atoms with Gasteiger partial charge in [-0.05, 0) is 0 Å². The Labute approximate surface area is 88.6 Å². The van der Waals surface area contributed by atoms with Gasteiger partial charge in [0.05, 0.1) is 19.6 Å². The van der Waals surface area contributed by atoms with Gasteiger partial charge in [-0.15, -0.1) is 0 Å². The molecule has 14 heavy (non-hydrogen) atoms. The molecule has 0 spiro atoms. The quantitative estimate of drug-likeness (QED) is 0.660. The maximum absolute atomic E-state index is 10.2. The number of hydrogen-bond acceptors (Lipinski definition) is 4. The Morgan fingerprint density at radius 1 is 1.36 bits per heavy atom. The van der Waals surface area contributed by atoms with Crippen molar-refractivity contribution in [1.29, 1.82) is 0 Å². The summed E-state index contributed by atoms with van der Waals surface area (Å²) in [5, 5.41) is 8.42. The zero-order valence-electron chi connectivity index (χ0n) is 8.28. The average Bonchev–Trinajstić information content (AvgIpc) is 2.18. The highest BCUT2D eigenvalue weighted by molar-refractivity contribution is 7.99. The normalized spacial score (nSPS) is 18.3. The van der Waals surface area contributed by atoms with E-state index in [2.05, 4.69) is 4.90 Å². The molecule has 1 N–H and O–H groups in total. The van der Waals surface area contributed by atoms with Crippen LogP contribution in [0.3, 0.4) is 0 Å². The van der Waals surface area contributed by atoms with Crippen molar-refractivity contribution in [3.63, 3.8) is 0 Å². The highest BCUT2D eigenvalue weighted by atomic mass is 32.2. The Hall–Kier alpha value is -0.260. The molecule has 4 nitrogen and oxygen atoms in total. The molecular weight excluding hydrogens is 202 g/mol. The number of nitrogens with zero attached hydrogens (tertiary/aromatic N) is 1. The molecule has 0 amide bonds. The van der Waals surface area contributed by atoms with E-state index in [9.17, 15) is 4.79 Å². The standard InChI is InChI=1S/C9H17NO3S/c11-9(12)1-7-14-8-4-10-2-5-13-6-3-10/h1-8H2,(H,11,12). The van der Waals surface area contributed by atoms with E-state index in [1.54, 1.807) is 11.8 Å². The molecule has 1 heterocycles. The van der Waals surface area contributed by atoms with Crippen LogP contribution in [-0.2, 0) is 9.53 Å². The summed E-state index contributed by atoms with van der Waals surface area (Å²) < 4.78 is 5.23. The summed E-state index contributed by atoms with van der Waals surface area (Å²) in [5.41, 5.74) is 0. The van der Waals surface area contributed by atoms with Crippen LogP contribution < -0.4 is 0 Å². The van der Waals surface area contributed by atoms with E-state index in [4.69, 9.17) is 9.84 Å². The van der Waals surface area contributed by atoms with Gasteiger partial charge in [-0.1, -0.05) is 0 Å². The lowest BCUT2D eigenvalue weighted by Gasteiger charge is -2.26. The third-order valence-electron chi connectivity index (χ3n) is 2.12. The minimum Gasteiger partial charge on any atom is -0.481 e. The smallest absolute Gasteiger partial charge is 0.304 e. The van der Waals surface area contributed by atoms with E-state index in [1.807, 2.05) is 0 Å². The Morgan fingerprint density at radius 2 is 2.07 bits per heavy atom. The number of rotatable bonds is 6. The van der Waals surface area contributed by atoms with Gasteiger partial charge >= 0.3 is 5.97 Å². The molecule has 0 atom stereocenters. The number of carboxylic acid groups (broad SMARTS) is 1. The Morgan fingerprint density at radius 3 is 2.71 bits per heavy atom.